The molecule has 2 aliphatic heterocycles. The van der Waals surface area contributed by atoms with Crippen molar-refractivity contribution >= 4 is 0 Å². The van der Waals surface area contributed by atoms with E-state index in [0.717, 1.165) is 0 Å². The van der Waals surface area contributed by atoms with Gasteiger partial charge in [0, 0.05) is 18.4 Å². The predicted molar refractivity (Wildman–Crippen MR) is 130 cm³/mol. The average molecular weight is 539 g/mol. The number of phenols is 1. The Morgan fingerprint density at radius 3 is 2.29 bits per heavy atom. The van der Waals surface area contributed by atoms with Gasteiger partial charge in [0.05, 0.1) is 39.6 Å². The minimum absolute atomic E-state index is 0.0548. The molecule has 12 nitrogen and oxygen atoms in total. The molecular formula is C26H34O12. The van der Waals surface area contributed by atoms with Crippen molar-refractivity contribution in [3.05, 3.63) is 47.5 Å². The van der Waals surface area contributed by atoms with Gasteiger partial charge in [-0.05, 0) is 35.4 Å². The Balaban J connectivity index is 1.52. The van der Waals surface area contributed by atoms with Gasteiger partial charge < -0.3 is 59.4 Å². The fourth-order valence-electron chi connectivity index (χ4n) is 4.96. The molecule has 0 aromatic heterocycles. The second-order valence-corrected chi connectivity index (χ2v) is 9.37. The molecule has 0 unspecified atom stereocenters. The lowest BCUT2D eigenvalue weighted by molar-refractivity contribution is -0.277. The van der Waals surface area contributed by atoms with E-state index in [1.54, 1.807) is 24.3 Å². The average Bonchev–Trinajstić information content (AvgIpc) is 3.37. The van der Waals surface area contributed by atoms with E-state index in [2.05, 4.69) is 0 Å². The first-order chi connectivity index (χ1) is 18.2. The SMILES string of the molecule is COc1cc([C@@H](O)[C@@H]2CO[C@H](c3ccc(O[C@H]4O[C@@H](CO)[C@@H](O)[C@@H](O)[C@@H]4O)c(OC)c3)[C@@H]2CO)ccc1O. The molecular weight excluding hydrogens is 504 g/mol. The highest BCUT2D eigenvalue weighted by atomic mass is 16.7. The minimum Gasteiger partial charge on any atom is -0.504 e. The first kappa shape index (κ1) is 28.3. The van der Waals surface area contributed by atoms with Gasteiger partial charge in [0.15, 0.2) is 23.0 Å². The van der Waals surface area contributed by atoms with Crippen molar-refractivity contribution in [3.63, 3.8) is 0 Å². The standard InChI is InChI=1S/C26H34O12/c1-34-18-7-12(3-5-16(18)29)21(30)15-11-36-25(14(15)9-27)13-4-6-17(19(8-13)35-2)37-26-24(33)23(32)22(31)20(10-28)38-26/h3-8,14-15,20-33H,9-11H2,1-2H3/t14-,15-,20+,21-,22-,23-,24+,25-,26+/m1/s1. The van der Waals surface area contributed by atoms with E-state index in [0.29, 0.717) is 11.1 Å². The van der Waals surface area contributed by atoms with Crippen LogP contribution in [0.2, 0.25) is 0 Å². The molecule has 0 spiro atoms. The molecule has 12 heteroatoms. The molecule has 210 valence electrons. The number of rotatable bonds is 9. The molecule has 9 atom stereocenters. The van der Waals surface area contributed by atoms with Gasteiger partial charge in [-0.1, -0.05) is 12.1 Å². The highest BCUT2D eigenvalue weighted by Gasteiger charge is 2.45. The van der Waals surface area contributed by atoms with Gasteiger partial charge in [-0.2, -0.15) is 0 Å². The van der Waals surface area contributed by atoms with Crippen LogP contribution in [0.3, 0.4) is 0 Å². The molecule has 2 heterocycles. The van der Waals surface area contributed by atoms with Gasteiger partial charge >= 0.3 is 0 Å². The molecule has 0 aliphatic carbocycles. The summed E-state index contributed by atoms with van der Waals surface area (Å²) in [5.74, 6) is -0.376. The maximum atomic E-state index is 11.1. The van der Waals surface area contributed by atoms with Gasteiger partial charge in [-0.3, -0.25) is 0 Å². The zero-order valence-electron chi connectivity index (χ0n) is 21.0. The molecule has 0 saturated carbocycles. The second kappa shape index (κ2) is 12.0. The fraction of sp³-hybridized carbons (Fsp3) is 0.538. The van der Waals surface area contributed by atoms with Crippen molar-refractivity contribution in [2.24, 2.45) is 11.8 Å². The molecule has 0 radical (unpaired) electrons. The summed E-state index contributed by atoms with van der Waals surface area (Å²) < 4.78 is 27.7. The second-order valence-electron chi connectivity index (χ2n) is 9.37. The Bertz CT molecular complexity index is 1080. The third kappa shape index (κ3) is 5.40. The minimum atomic E-state index is -1.59. The number of ether oxygens (including phenoxy) is 5. The lowest BCUT2D eigenvalue weighted by Crippen LogP contribution is -2.60. The predicted octanol–water partition coefficient (Wildman–Crippen LogP) is -0.382. The summed E-state index contributed by atoms with van der Waals surface area (Å²) in [6.07, 6.45) is -8.80. The van der Waals surface area contributed by atoms with Gasteiger partial charge in [0.25, 0.3) is 0 Å². The van der Waals surface area contributed by atoms with E-state index >= 15 is 0 Å². The van der Waals surface area contributed by atoms with Crippen molar-refractivity contribution in [1.82, 2.24) is 0 Å². The number of hydrogen-bond acceptors (Lipinski definition) is 12. The number of aliphatic hydroxyl groups excluding tert-OH is 6. The van der Waals surface area contributed by atoms with Crippen LogP contribution in [0.4, 0.5) is 0 Å². The van der Waals surface area contributed by atoms with Crippen molar-refractivity contribution in [2.75, 3.05) is 34.0 Å². The molecule has 38 heavy (non-hydrogen) atoms. The van der Waals surface area contributed by atoms with Crippen LogP contribution in [0.5, 0.6) is 23.0 Å². The normalized spacial score (nSPS) is 32.1. The van der Waals surface area contributed by atoms with Crippen molar-refractivity contribution < 1.29 is 59.4 Å². The summed E-state index contributed by atoms with van der Waals surface area (Å²) in [6.45, 7) is -0.703. The molecule has 0 bridgehead atoms. The maximum absolute atomic E-state index is 11.1. The Labute approximate surface area is 219 Å². The third-order valence-electron chi connectivity index (χ3n) is 7.18. The molecule has 2 saturated heterocycles. The zero-order valence-corrected chi connectivity index (χ0v) is 21.0. The monoisotopic (exact) mass is 538 g/mol. The topological polar surface area (TPSA) is 188 Å². The molecule has 4 rings (SSSR count). The Kier molecular flexibility index (Phi) is 8.96. The van der Waals surface area contributed by atoms with E-state index in [9.17, 15) is 35.7 Å². The summed E-state index contributed by atoms with van der Waals surface area (Å²) in [4.78, 5) is 0. The van der Waals surface area contributed by atoms with Crippen LogP contribution in [0.15, 0.2) is 36.4 Å². The Morgan fingerprint density at radius 1 is 0.895 bits per heavy atom. The lowest BCUT2D eigenvalue weighted by atomic mass is 9.82. The van der Waals surface area contributed by atoms with Gasteiger partial charge in [-0.15, -0.1) is 0 Å². The quantitative estimate of drug-likeness (QED) is 0.220. The summed E-state index contributed by atoms with van der Waals surface area (Å²) in [6, 6.07) is 9.40. The maximum Gasteiger partial charge on any atom is 0.229 e. The summed E-state index contributed by atoms with van der Waals surface area (Å²) >= 11 is 0. The van der Waals surface area contributed by atoms with Crippen molar-refractivity contribution in [1.29, 1.82) is 0 Å². The van der Waals surface area contributed by atoms with Crippen LogP contribution in [0.25, 0.3) is 0 Å². The molecule has 2 aromatic rings. The van der Waals surface area contributed by atoms with Crippen LogP contribution in [-0.4, -0.2) is 100 Å². The summed E-state index contributed by atoms with van der Waals surface area (Å²) in [5, 5.41) is 70.8. The Hall–Kier alpha value is -2.68. The van der Waals surface area contributed by atoms with Crippen molar-refractivity contribution in [2.45, 2.75) is 42.9 Å². The Morgan fingerprint density at radius 2 is 1.63 bits per heavy atom. The highest BCUT2D eigenvalue weighted by molar-refractivity contribution is 5.45. The summed E-state index contributed by atoms with van der Waals surface area (Å²) in [7, 11) is 2.82. The lowest BCUT2D eigenvalue weighted by Gasteiger charge is -2.39. The van der Waals surface area contributed by atoms with Crippen LogP contribution >= 0.6 is 0 Å². The number of benzene rings is 2. The zero-order chi connectivity index (χ0) is 27.6. The number of methoxy groups -OCH3 is 2. The summed E-state index contributed by atoms with van der Waals surface area (Å²) in [5.41, 5.74) is 1.15. The number of aromatic hydroxyl groups is 1. The third-order valence-corrected chi connectivity index (χ3v) is 7.18. The van der Waals surface area contributed by atoms with E-state index in [-0.39, 0.29) is 36.2 Å². The smallest absolute Gasteiger partial charge is 0.229 e. The van der Waals surface area contributed by atoms with Crippen LogP contribution < -0.4 is 14.2 Å². The number of aliphatic hydroxyl groups is 6. The van der Waals surface area contributed by atoms with E-state index in [1.165, 1.54) is 26.4 Å². The van der Waals surface area contributed by atoms with Crippen LogP contribution in [0.1, 0.15) is 23.3 Å². The van der Waals surface area contributed by atoms with Gasteiger partial charge in [-0.25, -0.2) is 0 Å². The van der Waals surface area contributed by atoms with E-state index in [1.807, 2.05) is 0 Å². The van der Waals surface area contributed by atoms with Crippen LogP contribution in [-0.2, 0) is 9.47 Å². The highest BCUT2D eigenvalue weighted by Crippen LogP contribution is 2.46. The fourth-order valence-corrected chi connectivity index (χ4v) is 4.96. The first-order valence-electron chi connectivity index (χ1n) is 12.2. The van der Waals surface area contributed by atoms with Crippen LogP contribution in [0, 0.1) is 11.8 Å². The number of hydrogen-bond donors (Lipinski definition) is 7. The van der Waals surface area contributed by atoms with Gasteiger partial charge in [0.1, 0.15) is 24.4 Å². The van der Waals surface area contributed by atoms with Gasteiger partial charge in [0.2, 0.25) is 6.29 Å². The molecule has 2 fully saturated rings. The largest absolute Gasteiger partial charge is 0.504 e. The number of phenolic OH excluding ortho intramolecular Hbond substituents is 1. The van der Waals surface area contributed by atoms with Crippen molar-refractivity contribution in [3.8, 4) is 23.0 Å². The van der Waals surface area contributed by atoms with E-state index < -0.39 is 61.4 Å². The van der Waals surface area contributed by atoms with E-state index in [4.69, 9.17) is 23.7 Å². The molecule has 0 amide bonds. The molecule has 2 aromatic carbocycles. The molecule has 2 aliphatic rings. The molecule has 7 N–H and O–H groups in total. The first-order valence-corrected chi connectivity index (χ1v) is 12.2.